The predicted octanol–water partition coefficient (Wildman–Crippen LogP) is 2.02. The summed E-state index contributed by atoms with van der Waals surface area (Å²) in [6, 6.07) is 9.93. The quantitative estimate of drug-likeness (QED) is 0.751. The topological polar surface area (TPSA) is 73.0 Å². The Morgan fingerprint density at radius 2 is 1.87 bits per heavy atom. The Morgan fingerprint density at radius 3 is 2.57 bits per heavy atom. The Morgan fingerprint density at radius 1 is 1.13 bits per heavy atom. The van der Waals surface area contributed by atoms with Crippen LogP contribution >= 0.6 is 0 Å². The summed E-state index contributed by atoms with van der Waals surface area (Å²) in [4.78, 5) is 43.8. The molecule has 0 saturated carbocycles. The number of amides is 4. The first-order chi connectivity index (χ1) is 14.5. The highest BCUT2D eigenvalue weighted by molar-refractivity contribution is 6.07. The minimum atomic E-state index is -0.766. The molecular weight excluding hydrogens is 380 g/mol. The van der Waals surface area contributed by atoms with Crippen LogP contribution in [-0.4, -0.2) is 76.8 Å². The molecule has 7 nitrogen and oxygen atoms in total. The lowest BCUT2D eigenvalue weighted by Gasteiger charge is -2.39. The molecule has 162 valence electrons. The minimum absolute atomic E-state index is 0.0909. The highest BCUT2D eigenvalue weighted by atomic mass is 16.2. The maximum Gasteiger partial charge on any atom is 0.325 e. The maximum atomic E-state index is 13.3. The fourth-order valence-electron chi connectivity index (χ4n) is 5.02. The summed E-state index contributed by atoms with van der Waals surface area (Å²) in [6.45, 7) is 5.60. The van der Waals surface area contributed by atoms with Crippen molar-refractivity contribution in [3.05, 3.63) is 35.9 Å². The van der Waals surface area contributed by atoms with E-state index < -0.39 is 5.54 Å². The lowest BCUT2D eigenvalue weighted by atomic mass is 9.87. The molecule has 7 heteroatoms. The molecule has 0 aliphatic carbocycles. The van der Waals surface area contributed by atoms with Gasteiger partial charge in [0.15, 0.2) is 0 Å². The molecule has 3 heterocycles. The zero-order chi connectivity index (χ0) is 21.1. The highest BCUT2D eigenvalue weighted by Crippen LogP contribution is 2.32. The number of likely N-dealkylation sites (tertiary alicyclic amines) is 2. The first-order valence-electron chi connectivity index (χ1n) is 11.2. The van der Waals surface area contributed by atoms with E-state index in [0.29, 0.717) is 32.4 Å². The van der Waals surface area contributed by atoms with Crippen molar-refractivity contribution in [1.29, 1.82) is 0 Å². The molecule has 3 saturated heterocycles. The number of carbonyl (C=O) groups is 3. The summed E-state index contributed by atoms with van der Waals surface area (Å²) in [5.74, 6) is -0.000742. The first-order valence-corrected chi connectivity index (χ1v) is 11.2. The first kappa shape index (κ1) is 20.8. The molecule has 30 heavy (non-hydrogen) atoms. The fourth-order valence-corrected chi connectivity index (χ4v) is 5.02. The lowest BCUT2D eigenvalue weighted by Crippen LogP contribution is -2.56. The Kier molecular flexibility index (Phi) is 6.09. The number of piperidine rings is 2. The number of nitrogens with one attached hydrogen (secondary N) is 1. The summed E-state index contributed by atoms with van der Waals surface area (Å²) >= 11 is 0. The number of rotatable bonds is 5. The number of imide groups is 1. The van der Waals surface area contributed by atoms with Crippen molar-refractivity contribution >= 4 is 17.8 Å². The second-order valence-corrected chi connectivity index (χ2v) is 8.75. The SMILES string of the molecule is CCC(=O)N1CCCC(N2C(=O)NC3(CCN(CCc4ccccc4)CC3)C2=O)C1. The third kappa shape index (κ3) is 4.08. The molecule has 3 aliphatic rings. The van der Waals surface area contributed by atoms with Gasteiger partial charge < -0.3 is 15.1 Å². The number of benzene rings is 1. The highest BCUT2D eigenvalue weighted by Gasteiger charge is 2.54. The molecule has 0 radical (unpaired) electrons. The molecule has 0 bridgehead atoms. The van der Waals surface area contributed by atoms with E-state index in [0.717, 1.165) is 38.9 Å². The molecule has 4 amide bonds. The van der Waals surface area contributed by atoms with Crippen molar-refractivity contribution in [2.45, 2.75) is 57.0 Å². The number of nitrogens with zero attached hydrogens (tertiary/aromatic N) is 3. The van der Waals surface area contributed by atoms with Gasteiger partial charge in [-0.3, -0.25) is 14.5 Å². The molecule has 3 aliphatic heterocycles. The van der Waals surface area contributed by atoms with E-state index in [9.17, 15) is 14.4 Å². The number of hydrogen-bond acceptors (Lipinski definition) is 4. The van der Waals surface area contributed by atoms with Crippen LogP contribution in [0.5, 0.6) is 0 Å². The summed E-state index contributed by atoms with van der Waals surface area (Å²) in [5.41, 5.74) is 0.551. The van der Waals surface area contributed by atoms with Crippen LogP contribution in [0.4, 0.5) is 4.79 Å². The van der Waals surface area contributed by atoms with E-state index in [1.165, 1.54) is 10.5 Å². The number of hydrogen-bond donors (Lipinski definition) is 1. The molecular formula is C23H32N4O3. The van der Waals surface area contributed by atoms with Crippen LogP contribution in [-0.2, 0) is 16.0 Å². The van der Waals surface area contributed by atoms with E-state index in [4.69, 9.17) is 0 Å². The van der Waals surface area contributed by atoms with Crippen molar-refractivity contribution in [2.24, 2.45) is 0 Å². The molecule has 1 N–H and O–H groups in total. The van der Waals surface area contributed by atoms with Gasteiger partial charge in [-0.2, -0.15) is 0 Å². The predicted molar refractivity (Wildman–Crippen MR) is 114 cm³/mol. The van der Waals surface area contributed by atoms with Crippen molar-refractivity contribution in [3.63, 3.8) is 0 Å². The van der Waals surface area contributed by atoms with Gasteiger partial charge in [-0.25, -0.2) is 4.79 Å². The van der Waals surface area contributed by atoms with Gasteiger partial charge in [0.25, 0.3) is 5.91 Å². The van der Waals surface area contributed by atoms with E-state index in [-0.39, 0.29) is 23.9 Å². The molecule has 1 atom stereocenters. The van der Waals surface area contributed by atoms with Gasteiger partial charge in [-0.05, 0) is 37.7 Å². The van der Waals surface area contributed by atoms with Gasteiger partial charge in [0.05, 0.1) is 6.04 Å². The van der Waals surface area contributed by atoms with Crippen LogP contribution in [0.3, 0.4) is 0 Å². The van der Waals surface area contributed by atoms with Crippen LogP contribution in [0.1, 0.15) is 44.6 Å². The third-order valence-electron chi connectivity index (χ3n) is 6.88. The monoisotopic (exact) mass is 412 g/mol. The molecule has 1 aromatic rings. The van der Waals surface area contributed by atoms with Crippen LogP contribution in [0, 0.1) is 0 Å². The molecule has 1 unspecified atom stereocenters. The largest absolute Gasteiger partial charge is 0.341 e. The lowest BCUT2D eigenvalue weighted by molar-refractivity contribution is -0.139. The third-order valence-corrected chi connectivity index (χ3v) is 6.88. The average Bonchev–Trinajstić information content (AvgIpc) is 3.02. The summed E-state index contributed by atoms with van der Waals surface area (Å²) < 4.78 is 0. The Balaban J connectivity index is 1.35. The number of carbonyl (C=O) groups excluding carboxylic acids is 3. The van der Waals surface area contributed by atoms with E-state index in [1.807, 2.05) is 13.0 Å². The second-order valence-electron chi connectivity index (χ2n) is 8.75. The summed E-state index contributed by atoms with van der Waals surface area (Å²) in [7, 11) is 0. The van der Waals surface area contributed by atoms with Crippen molar-refractivity contribution in [1.82, 2.24) is 20.0 Å². The minimum Gasteiger partial charge on any atom is -0.341 e. The standard InChI is InChI=1S/C23H32N4O3/c1-2-20(28)26-13-6-9-19(17-26)27-21(29)23(24-22(27)30)11-15-25(16-12-23)14-10-18-7-4-3-5-8-18/h3-5,7-8,19H,2,6,9-17H2,1H3,(H,24,30). The van der Waals surface area contributed by atoms with E-state index in [2.05, 4.69) is 34.5 Å². The van der Waals surface area contributed by atoms with Gasteiger partial charge in [0.1, 0.15) is 5.54 Å². The second kappa shape index (κ2) is 8.76. The smallest absolute Gasteiger partial charge is 0.325 e. The number of urea groups is 1. The summed E-state index contributed by atoms with van der Waals surface area (Å²) in [6.07, 6.45) is 4.33. The van der Waals surface area contributed by atoms with Crippen molar-refractivity contribution in [3.8, 4) is 0 Å². The Bertz CT molecular complexity index is 789. The van der Waals surface area contributed by atoms with Crippen molar-refractivity contribution in [2.75, 3.05) is 32.7 Å². The van der Waals surface area contributed by atoms with Crippen molar-refractivity contribution < 1.29 is 14.4 Å². The Labute approximate surface area is 178 Å². The maximum absolute atomic E-state index is 13.3. The molecule has 0 aromatic heterocycles. The van der Waals surface area contributed by atoms with Gasteiger partial charge in [0, 0.05) is 39.1 Å². The van der Waals surface area contributed by atoms with Gasteiger partial charge in [0.2, 0.25) is 5.91 Å². The van der Waals surface area contributed by atoms with Crippen LogP contribution < -0.4 is 5.32 Å². The molecule has 1 spiro atoms. The zero-order valence-corrected chi connectivity index (χ0v) is 17.8. The fraction of sp³-hybridized carbons (Fsp3) is 0.609. The molecule has 4 rings (SSSR count). The van der Waals surface area contributed by atoms with Crippen LogP contribution in [0.25, 0.3) is 0 Å². The normalized spacial score (nSPS) is 24.4. The summed E-state index contributed by atoms with van der Waals surface area (Å²) in [5, 5.41) is 3.03. The van der Waals surface area contributed by atoms with E-state index >= 15 is 0 Å². The zero-order valence-electron chi connectivity index (χ0n) is 17.8. The molecule has 3 fully saturated rings. The van der Waals surface area contributed by atoms with Gasteiger partial charge in [-0.15, -0.1) is 0 Å². The average molecular weight is 413 g/mol. The van der Waals surface area contributed by atoms with E-state index in [1.54, 1.807) is 4.90 Å². The van der Waals surface area contributed by atoms with Crippen LogP contribution in [0.2, 0.25) is 0 Å². The van der Waals surface area contributed by atoms with Crippen LogP contribution in [0.15, 0.2) is 30.3 Å². The van der Waals surface area contributed by atoms with Gasteiger partial charge >= 0.3 is 6.03 Å². The molecule has 1 aromatic carbocycles. The van der Waals surface area contributed by atoms with Gasteiger partial charge in [-0.1, -0.05) is 37.3 Å². The Hall–Kier alpha value is -2.41.